The highest BCUT2D eigenvalue weighted by molar-refractivity contribution is 5.65. The molecule has 0 bridgehead atoms. The van der Waals surface area contributed by atoms with E-state index in [0.717, 1.165) is 55.6 Å². The molecule has 6 heteroatoms. The molecule has 31 heavy (non-hydrogen) atoms. The molecular formula is C25H31N5O. The normalized spacial score (nSPS) is 16.4. The molecule has 1 aromatic heterocycles. The third kappa shape index (κ3) is 5.03. The van der Waals surface area contributed by atoms with Gasteiger partial charge in [0, 0.05) is 26.2 Å². The van der Waals surface area contributed by atoms with Gasteiger partial charge in [-0.25, -0.2) is 9.97 Å². The highest BCUT2D eigenvalue weighted by atomic mass is 16.5. The van der Waals surface area contributed by atoms with Gasteiger partial charge >= 0.3 is 0 Å². The number of hydrogen-bond acceptors (Lipinski definition) is 6. The van der Waals surface area contributed by atoms with Gasteiger partial charge in [-0.2, -0.15) is 0 Å². The molecule has 6 nitrogen and oxygen atoms in total. The van der Waals surface area contributed by atoms with E-state index in [1.54, 1.807) is 7.11 Å². The van der Waals surface area contributed by atoms with Crippen LogP contribution in [0.4, 0.5) is 5.82 Å². The zero-order valence-electron chi connectivity index (χ0n) is 18.6. The molecule has 1 saturated heterocycles. The number of anilines is 1. The third-order valence-corrected chi connectivity index (χ3v) is 5.79. The van der Waals surface area contributed by atoms with Gasteiger partial charge in [0.1, 0.15) is 17.4 Å². The van der Waals surface area contributed by atoms with Crippen molar-refractivity contribution in [1.82, 2.24) is 20.2 Å². The van der Waals surface area contributed by atoms with Gasteiger partial charge in [0.15, 0.2) is 0 Å². The summed E-state index contributed by atoms with van der Waals surface area (Å²) in [5, 5.41) is 6.37. The van der Waals surface area contributed by atoms with E-state index in [4.69, 9.17) is 14.7 Å². The summed E-state index contributed by atoms with van der Waals surface area (Å²) in [5.41, 5.74) is 4.69. The van der Waals surface area contributed by atoms with Crippen LogP contribution in [0.5, 0.6) is 5.75 Å². The van der Waals surface area contributed by atoms with Crippen molar-refractivity contribution < 1.29 is 4.74 Å². The fraction of sp³-hybridized carbons (Fsp3) is 0.360. The lowest BCUT2D eigenvalue weighted by Gasteiger charge is -2.24. The molecule has 1 atom stereocenters. The second-order valence-electron chi connectivity index (χ2n) is 7.94. The zero-order valence-corrected chi connectivity index (χ0v) is 18.6. The van der Waals surface area contributed by atoms with Gasteiger partial charge in [-0.05, 0) is 61.3 Å². The first-order valence-electron chi connectivity index (χ1n) is 10.9. The molecule has 0 spiro atoms. The molecule has 0 amide bonds. The quantitative estimate of drug-likeness (QED) is 0.571. The molecule has 0 aliphatic carbocycles. The fourth-order valence-electron chi connectivity index (χ4n) is 4.26. The van der Waals surface area contributed by atoms with E-state index in [1.807, 2.05) is 32.3 Å². The van der Waals surface area contributed by atoms with Crippen molar-refractivity contribution in [1.29, 1.82) is 0 Å². The van der Waals surface area contributed by atoms with Gasteiger partial charge in [0.05, 0.1) is 18.8 Å². The standard InChI is InChI=1S/C25H31N5O/c1-26-16-21-15-24(27-2)29-25(28-21)23-11-6-12-30(23)17-18-7-4-8-19(13-18)20-9-5-10-22(14-20)31-3/h4-5,7-10,13-15,23,26H,6,11-12,16-17H2,1-3H3,(H,27,28,29)/t23-/m1/s1. The molecule has 2 N–H and O–H groups in total. The summed E-state index contributed by atoms with van der Waals surface area (Å²) < 4.78 is 5.39. The van der Waals surface area contributed by atoms with Crippen molar-refractivity contribution in [3.05, 3.63) is 71.7 Å². The largest absolute Gasteiger partial charge is 0.497 e. The monoisotopic (exact) mass is 417 g/mol. The second kappa shape index (κ2) is 9.90. The van der Waals surface area contributed by atoms with Crippen molar-refractivity contribution in [2.75, 3.05) is 33.1 Å². The predicted molar refractivity (Wildman–Crippen MR) is 125 cm³/mol. The van der Waals surface area contributed by atoms with Crippen LogP contribution in [-0.2, 0) is 13.1 Å². The van der Waals surface area contributed by atoms with Crippen molar-refractivity contribution in [3.63, 3.8) is 0 Å². The molecule has 4 rings (SSSR count). The van der Waals surface area contributed by atoms with E-state index in [0.29, 0.717) is 0 Å². The minimum Gasteiger partial charge on any atom is -0.497 e. The Bertz CT molecular complexity index is 1020. The van der Waals surface area contributed by atoms with Crippen LogP contribution in [0, 0.1) is 0 Å². The number of methoxy groups -OCH3 is 1. The van der Waals surface area contributed by atoms with Crippen molar-refractivity contribution in [2.24, 2.45) is 0 Å². The maximum absolute atomic E-state index is 5.39. The first-order chi connectivity index (χ1) is 15.2. The predicted octanol–water partition coefficient (Wildman–Crippen LogP) is 4.25. The number of nitrogens with zero attached hydrogens (tertiary/aromatic N) is 3. The third-order valence-electron chi connectivity index (χ3n) is 5.79. The summed E-state index contributed by atoms with van der Waals surface area (Å²) in [4.78, 5) is 12.1. The number of hydrogen-bond donors (Lipinski definition) is 2. The smallest absolute Gasteiger partial charge is 0.148 e. The van der Waals surface area contributed by atoms with Gasteiger partial charge < -0.3 is 15.4 Å². The molecule has 2 heterocycles. The zero-order chi connectivity index (χ0) is 21.6. The molecule has 0 radical (unpaired) electrons. The highest BCUT2D eigenvalue weighted by Crippen LogP contribution is 2.33. The van der Waals surface area contributed by atoms with E-state index < -0.39 is 0 Å². The van der Waals surface area contributed by atoms with Gasteiger partial charge in [-0.3, -0.25) is 4.90 Å². The highest BCUT2D eigenvalue weighted by Gasteiger charge is 2.29. The second-order valence-corrected chi connectivity index (χ2v) is 7.94. The van der Waals surface area contributed by atoms with Crippen LogP contribution >= 0.6 is 0 Å². The van der Waals surface area contributed by atoms with Crippen LogP contribution in [0.15, 0.2) is 54.6 Å². The summed E-state index contributed by atoms with van der Waals surface area (Å²) in [6.45, 7) is 2.68. The summed E-state index contributed by atoms with van der Waals surface area (Å²) in [6.07, 6.45) is 2.25. The summed E-state index contributed by atoms with van der Waals surface area (Å²) in [7, 11) is 5.56. The Morgan fingerprint density at radius 2 is 1.84 bits per heavy atom. The number of aromatic nitrogens is 2. The lowest BCUT2D eigenvalue weighted by atomic mass is 10.0. The molecule has 0 unspecified atom stereocenters. The molecule has 3 aromatic rings. The van der Waals surface area contributed by atoms with E-state index in [9.17, 15) is 0 Å². The van der Waals surface area contributed by atoms with Crippen LogP contribution in [0.2, 0.25) is 0 Å². The Morgan fingerprint density at radius 1 is 1.03 bits per heavy atom. The van der Waals surface area contributed by atoms with Crippen molar-refractivity contribution >= 4 is 5.82 Å². The topological polar surface area (TPSA) is 62.3 Å². The van der Waals surface area contributed by atoms with Crippen LogP contribution in [0.25, 0.3) is 11.1 Å². The number of ether oxygens (including phenoxy) is 1. The summed E-state index contributed by atoms with van der Waals surface area (Å²) >= 11 is 0. The molecule has 1 aliphatic heterocycles. The Kier molecular flexibility index (Phi) is 6.79. The van der Waals surface area contributed by atoms with Crippen LogP contribution < -0.4 is 15.4 Å². The Labute approximate surface area is 184 Å². The first kappa shape index (κ1) is 21.3. The maximum Gasteiger partial charge on any atom is 0.148 e. The minimum absolute atomic E-state index is 0.240. The average molecular weight is 418 g/mol. The number of likely N-dealkylation sites (tertiary alicyclic amines) is 1. The fourth-order valence-corrected chi connectivity index (χ4v) is 4.26. The minimum atomic E-state index is 0.240. The van der Waals surface area contributed by atoms with Gasteiger partial charge in [-0.15, -0.1) is 0 Å². The average Bonchev–Trinajstić information content (AvgIpc) is 3.27. The lowest BCUT2D eigenvalue weighted by molar-refractivity contribution is 0.239. The van der Waals surface area contributed by atoms with E-state index >= 15 is 0 Å². The molecular weight excluding hydrogens is 386 g/mol. The van der Waals surface area contributed by atoms with Crippen LogP contribution in [0.1, 0.15) is 36.0 Å². The SMILES string of the molecule is CNCc1cc(NC)nc([C@H]2CCCN2Cc2cccc(-c3cccc(OC)c3)c2)n1. The number of rotatable bonds is 8. The molecule has 1 aliphatic rings. The molecule has 0 saturated carbocycles. The molecule has 162 valence electrons. The first-order valence-corrected chi connectivity index (χ1v) is 10.9. The summed E-state index contributed by atoms with van der Waals surface area (Å²) in [6, 6.07) is 19.2. The van der Waals surface area contributed by atoms with Crippen molar-refractivity contribution in [3.8, 4) is 16.9 Å². The Morgan fingerprint density at radius 3 is 2.61 bits per heavy atom. The number of nitrogens with one attached hydrogen (secondary N) is 2. The van der Waals surface area contributed by atoms with Gasteiger partial charge in [0.2, 0.25) is 0 Å². The van der Waals surface area contributed by atoms with E-state index in [2.05, 4.69) is 51.9 Å². The van der Waals surface area contributed by atoms with Crippen molar-refractivity contribution in [2.45, 2.75) is 32.0 Å². The molecule has 1 fully saturated rings. The number of benzene rings is 2. The maximum atomic E-state index is 5.39. The Balaban J connectivity index is 1.56. The van der Waals surface area contributed by atoms with Crippen LogP contribution in [0.3, 0.4) is 0 Å². The molecule has 2 aromatic carbocycles. The lowest BCUT2D eigenvalue weighted by Crippen LogP contribution is -2.25. The van der Waals surface area contributed by atoms with Gasteiger partial charge in [-0.1, -0.05) is 30.3 Å². The van der Waals surface area contributed by atoms with E-state index in [1.165, 1.54) is 16.7 Å². The Hall–Kier alpha value is -2.96. The van der Waals surface area contributed by atoms with E-state index in [-0.39, 0.29) is 6.04 Å². The summed E-state index contributed by atoms with van der Waals surface area (Å²) in [5.74, 6) is 2.67. The van der Waals surface area contributed by atoms with Gasteiger partial charge in [0.25, 0.3) is 0 Å². The van der Waals surface area contributed by atoms with Crippen LogP contribution in [-0.4, -0.2) is 42.6 Å².